The van der Waals surface area contributed by atoms with Crippen LogP contribution < -0.4 is 5.32 Å². The van der Waals surface area contributed by atoms with Gasteiger partial charge in [-0.1, -0.05) is 40.5 Å². The minimum atomic E-state index is 0.493. The van der Waals surface area contributed by atoms with Crippen LogP contribution in [0.2, 0.25) is 0 Å². The van der Waals surface area contributed by atoms with Crippen LogP contribution in [-0.2, 0) is 0 Å². The highest BCUT2D eigenvalue weighted by atomic mass is 15.1. The minimum absolute atomic E-state index is 0.493. The highest BCUT2D eigenvalue weighted by Crippen LogP contribution is 2.35. The van der Waals surface area contributed by atoms with E-state index in [1.54, 1.807) is 0 Å². The number of likely N-dealkylation sites (tertiary alicyclic amines) is 1. The van der Waals surface area contributed by atoms with E-state index >= 15 is 0 Å². The molecule has 0 amide bonds. The summed E-state index contributed by atoms with van der Waals surface area (Å²) in [7, 11) is 0. The predicted octanol–water partition coefficient (Wildman–Crippen LogP) is 4.30. The molecule has 2 aliphatic rings. The van der Waals surface area contributed by atoms with E-state index in [1.807, 2.05) is 0 Å². The van der Waals surface area contributed by atoms with Gasteiger partial charge < -0.3 is 10.2 Å². The van der Waals surface area contributed by atoms with Gasteiger partial charge in [-0.15, -0.1) is 0 Å². The molecule has 1 aliphatic heterocycles. The third kappa shape index (κ3) is 5.25. The van der Waals surface area contributed by atoms with Crippen LogP contribution >= 0.6 is 0 Å². The Labute approximate surface area is 133 Å². The van der Waals surface area contributed by atoms with Gasteiger partial charge in [-0.3, -0.25) is 0 Å². The average Bonchev–Trinajstić information content (AvgIpc) is 2.66. The molecule has 0 spiro atoms. The quantitative estimate of drug-likeness (QED) is 0.831. The van der Waals surface area contributed by atoms with Gasteiger partial charge in [-0.25, -0.2) is 0 Å². The Morgan fingerprint density at radius 2 is 1.71 bits per heavy atom. The van der Waals surface area contributed by atoms with E-state index in [0.717, 1.165) is 24.4 Å². The van der Waals surface area contributed by atoms with E-state index in [-0.39, 0.29) is 0 Å². The van der Waals surface area contributed by atoms with E-state index in [4.69, 9.17) is 0 Å². The van der Waals surface area contributed by atoms with Gasteiger partial charge in [-0.05, 0) is 69.0 Å². The summed E-state index contributed by atoms with van der Waals surface area (Å²) in [5, 5.41) is 3.75. The summed E-state index contributed by atoms with van der Waals surface area (Å²) in [4.78, 5) is 2.78. The molecule has 21 heavy (non-hydrogen) atoms. The van der Waals surface area contributed by atoms with E-state index in [2.05, 4.69) is 37.9 Å². The van der Waals surface area contributed by atoms with Crippen LogP contribution in [0.3, 0.4) is 0 Å². The van der Waals surface area contributed by atoms with Gasteiger partial charge in [-0.2, -0.15) is 0 Å². The van der Waals surface area contributed by atoms with Crippen molar-refractivity contribution in [1.29, 1.82) is 0 Å². The number of nitrogens with zero attached hydrogens (tertiary/aromatic N) is 1. The van der Waals surface area contributed by atoms with Gasteiger partial charge in [0.15, 0.2) is 0 Å². The molecule has 0 aromatic carbocycles. The van der Waals surface area contributed by atoms with Crippen molar-refractivity contribution in [3.63, 3.8) is 0 Å². The maximum atomic E-state index is 3.75. The fourth-order valence-corrected chi connectivity index (χ4v) is 4.49. The summed E-state index contributed by atoms with van der Waals surface area (Å²) in [5.41, 5.74) is 0.493. The smallest absolute Gasteiger partial charge is 0.0107 e. The van der Waals surface area contributed by atoms with Gasteiger partial charge in [0.1, 0.15) is 0 Å². The Morgan fingerprint density at radius 1 is 0.952 bits per heavy atom. The molecule has 3 unspecified atom stereocenters. The molecule has 1 saturated heterocycles. The maximum absolute atomic E-state index is 3.75. The van der Waals surface area contributed by atoms with Crippen LogP contribution in [0, 0.1) is 17.3 Å². The van der Waals surface area contributed by atoms with Gasteiger partial charge in [0.05, 0.1) is 0 Å². The molecule has 1 heterocycles. The van der Waals surface area contributed by atoms with Crippen LogP contribution in [0.4, 0.5) is 0 Å². The van der Waals surface area contributed by atoms with Crippen LogP contribution in [0.5, 0.6) is 0 Å². The molecule has 2 fully saturated rings. The van der Waals surface area contributed by atoms with Crippen molar-refractivity contribution in [3.8, 4) is 0 Å². The zero-order valence-corrected chi connectivity index (χ0v) is 15.0. The molecule has 2 rings (SSSR count). The van der Waals surface area contributed by atoms with Gasteiger partial charge in [0, 0.05) is 12.6 Å². The number of nitrogens with one attached hydrogen (secondary N) is 1. The summed E-state index contributed by atoms with van der Waals surface area (Å²) >= 11 is 0. The monoisotopic (exact) mass is 294 g/mol. The average molecular weight is 295 g/mol. The largest absolute Gasteiger partial charge is 0.314 e. The fourth-order valence-electron chi connectivity index (χ4n) is 4.49. The standard InChI is InChI=1S/C19H38N2/c1-5-20-18-11-7-6-9-16(18)15-21-13-8-10-17(12-14-21)19(2,3)4/h16-18,20H,5-15H2,1-4H3. The number of rotatable bonds is 4. The summed E-state index contributed by atoms with van der Waals surface area (Å²) < 4.78 is 0. The van der Waals surface area contributed by atoms with E-state index in [1.165, 1.54) is 64.6 Å². The predicted molar refractivity (Wildman–Crippen MR) is 92.7 cm³/mol. The van der Waals surface area contributed by atoms with E-state index in [0.29, 0.717) is 5.41 Å². The van der Waals surface area contributed by atoms with Gasteiger partial charge >= 0.3 is 0 Å². The molecular weight excluding hydrogens is 256 g/mol. The van der Waals surface area contributed by atoms with Crippen LogP contribution in [0.15, 0.2) is 0 Å². The summed E-state index contributed by atoms with van der Waals surface area (Å²) in [5.74, 6) is 1.81. The van der Waals surface area contributed by atoms with E-state index < -0.39 is 0 Å². The van der Waals surface area contributed by atoms with Crippen molar-refractivity contribution in [2.75, 3.05) is 26.2 Å². The first-order valence-electron chi connectivity index (χ1n) is 9.46. The molecule has 2 nitrogen and oxygen atoms in total. The lowest BCUT2D eigenvalue weighted by molar-refractivity contribution is 0.164. The van der Waals surface area contributed by atoms with Crippen molar-refractivity contribution in [2.45, 2.75) is 78.7 Å². The Bertz CT molecular complexity index is 292. The van der Waals surface area contributed by atoms with Crippen molar-refractivity contribution in [1.82, 2.24) is 10.2 Å². The molecule has 0 radical (unpaired) electrons. The molecule has 124 valence electrons. The minimum Gasteiger partial charge on any atom is -0.314 e. The van der Waals surface area contributed by atoms with Crippen molar-refractivity contribution in [3.05, 3.63) is 0 Å². The Balaban J connectivity index is 1.84. The number of hydrogen-bond donors (Lipinski definition) is 1. The highest BCUT2D eigenvalue weighted by molar-refractivity contribution is 4.85. The maximum Gasteiger partial charge on any atom is 0.0107 e. The molecule has 0 bridgehead atoms. The first-order chi connectivity index (χ1) is 10.0. The van der Waals surface area contributed by atoms with Gasteiger partial charge in [0.25, 0.3) is 0 Å². The molecular formula is C19H38N2. The normalized spacial score (nSPS) is 32.9. The molecule has 2 heteroatoms. The zero-order chi connectivity index (χ0) is 15.3. The van der Waals surface area contributed by atoms with Crippen LogP contribution in [0.25, 0.3) is 0 Å². The molecule has 0 aromatic heterocycles. The Morgan fingerprint density at radius 3 is 2.43 bits per heavy atom. The summed E-state index contributed by atoms with van der Waals surface area (Å²) in [6, 6.07) is 0.783. The first kappa shape index (κ1) is 17.3. The lowest BCUT2D eigenvalue weighted by atomic mass is 9.77. The lowest BCUT2D eigenvalue weighted by Crippen LogP contribution is -2.44. The molecule has 3 atom stereocenters. The summed E-state index contributed by atoms with van der Waals surface area (Å²) in [6.45, 7) is 14.7. The molecule has 0 aromatic rings. The van der Waals surface area contributed by atoms with Crippen LogP contribution in [-0.4, -0.2) is 37.1 Å². The number of hydrogen-bond acceptors (Lipinski definition) is 2. The van der Waals surface area contributed by atoms with Crippen molar-refractivity contribution < 1.29 is 0 Å². The van der Waals surface area contributed by atoms with Crippen LogP contribution in [0.1, 0.15) is 72.6 Å². The molecule has 1 saturated carbocycles. The molecule has 1 N–H and O–H groups in total. The second kappa shape index (κ2) is 7.97. The Kier molecular flexibility index (Phi) is 6.55. The fraction of sp³-hybridized carbons (Fsp3) is 1.00. The van der Waals surface area contributed by atoms with Crippen molar-refractivity contribution in [2.24, 2.45) is 17.3 Å². The third-order valence-corrected chi connectivity index (χ3v) is 5.91. The third-order valence-electron chi connectivity index (χ3n) is 5.91. The topological polar surface area (TPSA) is 15.3 Å². The first-order valence-corrected chi connectivity index (χ1v) is 9.46. The van der Waals surface area contributed by atoms with E-state index in [9.17, 15) is 0 Å². The second-order valence-corrected chi connectivity index (χ2v) is 8.50. The highest BCUT2D eigenvalue weighted by Gasteiger charge is 2.30. The zero-order valence-electron chi connectivity index (χ0n) is 15.0. The SMILES string of the molecule is CCNC1CCCCC1CN1CCCC(C(C)(C)C)CC1. The molecule has 1 aliphatic carbocycles. The summed E-state index contributed by atoms with van der Waals surface area (Å²) in [6.07, 6.45) is 9.96. The Hall–Kier alpha value is -0.0800. The van der Waals surface area contributed by atoms with Gasteiger partial charge in [0.2, 0.25) is 0 Å². The second-order valence-electron chi connectivity index (χ2n) is 8.50. The van der Waals surface area contributed by atoms with Crippen molar-refractivity contribution >= 4 is 0 Å². The lowest BCUT2D eigenvalue weighted by Gasteiger charge is -2.36.